The molecule has 0 radical (unpaired) electrons. The first-order valence-electron chi connectivity index (χ1n) is 5.28. The molecule has 0 saturated heterocycles. The summed E-state index contributed by atoms with van der Waals surface area (Å²) in [5.74, 6) is 0. The summed E-state index contributed by atoms with van der Waals surface area (Å²) in [7, 11) is 0. The molecule has 116 valence electrons. The summed E-state index contributed by atoms with van der Waals surface area (Å²) in [6.07, 6.45) is -8.45. The van der Waals surface area contributed by atoms with Crippen LogP contribution in [-0.2, 0) is 33.4 Å². The number of alkyl halides is 6. The van der Waals surface area contributed by atoms with E-state index in [4.69, 9.17) is 0 Å². The summed E-state index contributed by atoms with van der Waals surface area (Å²) in [5, 5.41) is 0. The maximum absolute atomic E-state index is 11.8. The van der Waals surface area contributed by atoms with E-state index in [9.17, 15) is 26.3 Å². The molecule has 2 aromatic rings. The molecule has 0 saturated carbocycles. The van der Waals surface area contributed by atoms with Crippen LogP contribution in [0.1, 0.15) is 11.1 Å². The predicted molar refractivity (Wildman–Crippen MR) is 60.6 cm³/mol. The molecular formula is C14H8F6Pt. The molecule has 0 aromatic heterocycles. The van der Waals surface area contributed by atoms with Crippen LogP contribution in [-0.4, -0.2) is 0 Å². The van der Waals surface area contributed by atoms with Crippen molar-refractivity contribution in [2.75, 3.05) is 0 Å². The molecule has 0 atom stereocenters. The summed E-state index contributed by atoms with van der Waals surface area (Å²) in [4.78, 5) is 0. The van der Waals surface area contributed by atoms with E-state index in [0.29, 0.717) is 0 Å². The number of hydrogen-bond donors (Lipinski definition) is 0. The minimum absolute atomic E-state index is 0. The molecule has 21 heavy (non-hydrogen) atoms. The molecule has 0 aliphatic carbocycles. The molecule has 0 spiro atoms. The Bertz CT molecular complexity index is 455. The van der Waals surface area contributed by atoms with Gasteiger partial charge in [0.1, 0.15) is 0 Å². The molecule has 0 aliphatic rings. The summed E-state index contributed by atoms with van der Waals surface area (Å²) < 4.78 is 70.6. The number of benzene rings is 2. The summed E-state index contributed by atoms with van der Waals surface area (Å²) in [6.45, 7) is 0. The summed E-state index contributed by atoms with van der Waals surface area (Å²) in [6, 6.07) is 13.9. The van der Waals surface area contributed by atoms with Gasteiger partial charge in [0.15, 0.2) is 0 Å². The second-order valence-electron chi connectivity index (χ2n) is 3.57. The molecule has 0 amide bonds. The fraction of sp³-hybridized carbons (Fsp3) is 0.143. The third-order valence-corrected chi connectivity index (χ3v) is 2.09. The van der Waals surface area contributed by atoms with Gasteiger partial charge in [-0.2, -0.15) is 87.0 Å². The first kappa shape index (κ1) is 19.7. The van der Waals surface area contributed by atoms with Crippen LogP contribution in [0, 0.1) is 12.1 Å². The van der Waals surface area contributed by atoms with Gasteiger partial charge in [-0.05, 0) is 0 Å². The first-order chi connectivity index (χ1) is 9.21. The largest absolute Gasteiger partial charge is 2.00 e. The molecule has 0 aliphatic heterocycles. The summed E-state index contributed by atoms with van der Waals surface area (Å²) in [5.41, 5.74) is -1.27. The van der Waals surface area contributed by atoms with Gasteiger partial charge in [0.2, 0.25) is 0 Å². The molecule has 0 nitrogen and oxygen atoms in total. The van der Waals surface area contributed by atoms with E-state index < -0.39 is 23.5 Å². The minimum Gasteiger partial charge on any atom is -0.184 e. The van der Waals surface area contributed by atoms with Gasteiger partial charge in [0.25, 0.3) is 0 Å². The van der Waals surface area contributed by atoms with E-state index in [2.05, 4.69) is 12.1 Å². The Morgan fingerprint density at radius 1 is 0.571 bits per heavy atom. The maximum atomic E-state index is 11.8. The maximum Gasteiger partial charge on any atom is 2.00 e. The van der Waals surface area contributed by atoms with E-state index in [0.717, 1.165) is 24.3 Å². The zero-order valence-corrected chi connectivity index (χ0v) is 12.5. The molecule has 0 fully saturated rings. The van der Waals surface area contributed by atoms with Gasteiger partial charge in [0, 0.05) is 0 Å². The van der Waals surface area contributed by atoms with Gasteiger partial charge >= 0.3 is 33.4 Å². The standard InChI is InChI=1S/2C7H4F3.Pt/c2*8-7(9,10)6-4-2-1-3-5-6;/h2*2-5H;/q2*-1;+2. The zero-order chi connectivity index (χ0) is 15.2. The van der Waals surface area contributed by atoms with Gasteiger partial charge < -0.3 is 0 Å². The van der Waals surface area contributed by atoms with E-state index in [1.165, 1.54) is 24.3 Å². The van der Waals surface area contributed by atoms with Crippen LogP contribution in [0.5, 0.6) is 0 Å². The fourth-order valence-corrected chi connectivity index (χ4v) is 1.15. The van der Waals surface area contributed by atoms with Gasteiger partial charge in [-0.3, -0.25) is 0 Å². The zero-order valence-electron chi connectivity index (χ0n) is 10.2. The van der Waals surface area contributed by atoms with Crippen LogP contribution in [0.2, 0.25) is 0 Å². The van der Waals surface area contributed by atoms with E-state index in [1.54, 1.807) is 0 Å². The molecule has 2 rings (SSSR count). The van der Waals surface area contributed by atoms with Crippen molar-refractivity contribution < 1.29 is 47.4 Å². The van der Waals surface area contributed by atoms with Gasteiger partial charge in [-0.25, -0.2) is 0 Å². The van der Waals surface area contributed by atoms with Crippen molar-refractivity contribution in [3.05, 3.63) is 71.8 Å². The normalized spacial score (nSPS) is 11.0. The summed E-state index contributed by atoms with van der Waals surface area (Å²) >= 11 is 0. The van der Waals surface area contributed by atoms with Crippen LogP contribution in [0.4, 0.5) is 26.3 Å². The third-order valence-electron chi connectivity index (χ3n) is 2.09. The molecule has 7 heteroatoms. The van der Waals surface area contributed by atoms with Crippen molar-refractivity contribution in [2.24, 2.45) is 0 Å². The van der Waals surface area contributed by atoms with Crippen LogP contribution in [0.3, 0.4) is 0 Å². The number of hydrogen-bond acceptors (Lipinski definition) is 0. The van der Waals surface area contributed by atoms with Crippen LogP contribution < -0.4 is 0 Å². The van der Waals surface area contributed by atoms with Crippen LogP contribution in [0.15, 0.2) is 48.5 Å². The Morgan fingerprint density at radius 2 is 0.810 bits per heavy atom. The minimum atomic E-state index is -4.23. The topological polar surface area (TPSA) is 0 Å². The Hall–Kier alpha value is -1.29. The quantitative estimate of drug-likeness (QED) is 0.364. The Kier molecular flexibility index (Phi) is 7.72. The van der Waals surface area contributed by atoms with Crippen LogP contribution >= 0.6 is 0 Å². The molecule has 0 N–H and O–H groups in total. The molecule has 0 bridgehead atoms. The van der Waals surface area contributed by atoms with Crippen molar-refractivity contribution in [2.45, 2.75) is 12.4 Å². The van der Waals surface area contributed by atoms with E-state index >= 15 is 0 Å². The van der Waals surface area contributed by atoms with Gasteiger partial charge in [-0.15, -0.1) is 0 Å². The third kappa shape index (κ3) is 7.32. The predicted octanol–water partition coefficient (Wildman–Crippen LogP) is 5.01. The van der Waals surface area contributed by atoms with Gasteiger partial charge in [-0.1, -0.05) is 11.1 Å². The molecule has 2 aromatic carbocycles. The smallest absolute Gasteiger partial charge is 0.184 e. The van der Waals surface area contributed by atoms with Gasteiger partial charge in [0.05, 0.1) is 0 Å². The first-order valence-corrected chi connectivity index (χ1v) is 5.28. The van der Waals surface area contributed by atoms with E-state index in [1.807, 2.05) is 0 Å². The van der Waals surface area contributed by atoms with Crippen molar-refractivity contribution in [3.63, 3.8) is 0 Å². The fourth-order valence-electron chi connectivity index (χ4n) is 1.15. The average Bonchev–Trinajstić information content (AvgIpc) is 2.40. The molecule has 0 heterocycles. The van der Waals surface area contributed by atoms with Crippen LogP contribution in [0.25, 0.3) is 0 Å². The number of halogens is 6. The Balaban J connectivity index is 0.000000364. The van der Waals surface area contributed by atoms with Crippen molar-refractivity contribution in [1.29, 1.82) is 0 Å². The Labute approximate surface area is 132 Å². The second-order valence-corrected chi connectivity index (χ2v) is 3.57. The van der Waals surface area contributed by atoms with Crippen molar-refractivity contribution in [1.82, 2.24) is 0 Å². The molecule has 0 unspecified atom stereocenters. The Morgan fingerprint density at radius 3 is 0.952 bits per heavy atom. The molecular weight excluding hydrogens is 477 g/mol. The van der Waals surface area contributed by atoms with Crippen molar-refractivity contribution >= 4 is 0 Å². The SMILES string of the molecule is FC(F)(F)c1cc[c-]cc1.FC(F)(F)c1cc[c-]cc1.[Pt+2]. The van der Waals surface area contributed by atoms with Crippen molar-refractivity contribution in [3.8, 4) is 0 Å². The van der Waals surface area contributed by atoms with E-state index in [-0.39, 0.29) is 21.1 Å². The monoisotopic (exact) mass is 485 g/mol. The average molecular weight is 485 g/mol. The number of rotatable bonds is 0. The second kappa shape index (κ2) is 8.22.